The van der Waals surface area contributed by atoms with Crippen molar-refractivity contribution < 1.29 is 10.2 Å². The summed E-state index contributed by atoms with van der Waals surface area (Å²) in [5, 5.41) is 17.4. The molecule has 12 heavy (non-hydrogen) atoms. The van der Waals surface area contributed by atoms with Gasteiger partial charge in [-0.1, -0.05) is 12.5 Å². The first-order valence-corrected chi connectivity index (χ1v) is 4.40. The Hall–Kier alpha value is -0.920. The van der Waals surface area contributed by atoms with E-state index in [1.165, 1.54) is 18.1 Å². The Labute approximate surface area is 73.2 Å². The van der Waals surface area contributed by atoms with Crippen LogP contribution in [0.3, 0.4) is 0 Å². The summed E-state index contributed by atoms with van der Waals surface area (Å²) in [6, 6.07) is 0. The molecule has 0 heterocycles. The van der Waals surface area contributed by atoms with Crippen molar-refractivity contribution in [2.75, 3.05) is 0 Å². The summed E-state index contributed by atoms with van der Waals surface area (Å²) in [6.07, 6.45) is 4.80. The van der Waals surface area contributed by atoms with Gasteiger partial charge in [0, 0.05) is 6.08 Å². The second kappa shape index (κ2) is 3.65. The lowest BCUT2D eigenvalue weighted by molar-refractivity contribution is 0.190. The Morgan fingerprint density at radius 1 is 1.50 bits per heavy atom. The molecule has 0 saturated heterocycles. The number of rotatable bonds is 1. The van der Waals surface area contributed by atoms with Gasteiger partial charge in [0.15, 0.2) is 0 Å². The highest BCUT2D eigenvalue weighted by Gasteiger charge is 2.14. The number of hydrogen-bond donors (Lipinski definition) is 2. The zero-order chi connectivity index (χ0) is 9.14. The van der Waals surface area contributed by atoms with Gasteiger partial charge in [0.05, 0.1) is 0 Å². The molecule has 1 unspecified atom stereocenters. The average molecular weight is 168 g/mol. The maximum absolute atomic E-state index is 8.69. The van der Waals surface area contributed by atoms with Gasteiger partial charge in [-0.3, -0.25) is 0 Å². The van der Waals surface area contributed by atoms with E-state index in [0.29, 0.717) is 5.92 Å². The van der Waals surface area contributed by atoms with Crippen molar-refractivity contribution in [3.8, 4) is 0 Å². The zero-order valence-electron chi connectivity index (χ0n) is 7.67. The molecule has 0 fully saturated rings. The van der Waals surface area contributed by atoms with Crippen molar-refractivity contribution >= 4 is 0 Å². The van der Waals surface area contributed by atoms with Crippen molar-refractivity contribution in [3.63, 3.8) is 0 Å². The SMILES string of the molecule is CC1=C(C=C(O)O)CCCC1C. The quantitative estimate of drug-likeness (QED) is 0.591. The van der Waals surface area contributed by atoms with Crippen LogP contribution < -0.4 is 0 Å². The van der Waals surface area contributed by atoms with E-state index in [1.54, 1.807) is 0 Å². The third-order valence-corrected chi connectivity index (χ3v) is 2.63. The van der Waals surface area contributed by atoms with E-state index in [2.05, 4.69) is 13.8 Å². The lowest BCUT2D eigenvalue weighted by Gasteiger charge is -2.21. The number of aliphatic hydroxyl groups is 2. The minimum absolute atomic E-state index is 0.571. The fourth-order valence-electron chi connectivity index (χ4n) is 1.67. The molecule has 1 aliphatic rings. The maximum Gasteiger partial charge on any atom is 0.274 e. The second-order valence-corrected chi connectivity index (χ2v) is 3.50. The van der Waals surface area contributed by atoms with E-state index in [0.717, 1.165) is 18.4 Å². The topological polar surface area (TPSA) is 40.5 Å². The zero-order valence-corrected chi connectivity index (χ0v) is 7.67. The molecule has 2 heteroatoms. The Bertz CT molecular complexity index is 222. The van der Waals surface area contributed by atoms with E-state index < -0.39 is 5.95 Å². The molecular weight excluding hydrogens is 152 g/mol. The van der Waals surface area contributed by atoms with Gasteiger partial charge in [-0.15, -0.1) is 0 Å². The molecule has 0 bridgehead atoms. The van der Waals surface area contributed by atoms with Crippen LogP contribution in [0.5, 0.6) is 0 Å². The first kappa shape index (κ1) is 9.17. The molecule has 0 aromatic rings. The molecular formula is C10H16O2. The largest absolute Gasteiger partial charge is 0.481 e. The third-order valence-electron chi connectivity index (χ3n) is 2.63. The Morgan fingerprint density at radius 3 is 2.75 bits per heavy atom. The van der Waals surface area contributed by atoms with Gasteiger partial charge in [0.2, 0.25) is 0 Å². The summed E-state index contributed by atoms with van der Waals surface area (Å²) in [4.78, 5) is 0. The van der Waals surface area contributed by atoms with Crippen LogP contribution in [-0.4, -0.2) is 10.2 Å². The molecule has 0 saturated carbocycles. The van der Waals surface area contributed by atoms with Crippen LogP contribution in [0, 0.1) is 5.92 Å². The van der Waals surface area contributed by atoms with Gasteiger partial charge < -0.3 is 10.2 Å². The fraction of sp³-hybridized carbons (Fsp3) is 0.600. The molecule has 0 amide bonds. The van der Waals surface area contributed by atoms with E-state index in [9.17, 15) is 0 Å². The van der Waals surface area contributed by atoms with E-state index >= 15 is 0 Å². The molecule has 0 aromatic carbocycles. The van der Waals surface area contributed by atoms with Crippen LogP contribution in [0.15, 0.2) is 23.2 Å². The summed E-state index contributed by atoms with van der Waals surface area (Å²) in [6.45, 7) is 4.25. The molecule has 68 valence electrons. The number of hydrogen-bond acceptors (Lipinski definition) is 2. The van der Waals surface area contributed by atoms with Crippen molar-refractivity contribution in [1.29, 1.82) is 0 Å². The summed E-state index contributed by atoms with van der Waals surface area (Å²) < 4.78 is 0. The van der Waals surface area contributed by atoms with Gasteiger partial charge in [0.1, 0.15) is 0 Å². The standard InChI is InChI=1S/C10H16O2/c1-7-4-3-5-9(8(7)2)6-10(11)12/h6-7,11-12H,3-5H2,1-2H3. The first-order valence-electron chi connectivity index (χ1n) is 4.40. The summed E-state index contributed by atoms with van der Waals surface area (Å²) >= 11 is 0. The third kappa shape index (κ3) is 2.03. The van der Waals surface area contributed by atoms with Crippen LogP contribution in [-0.2, 0) is 0 Å². The van der Waals surface area contributed by atoms with E-state index in [1.807, 2.05) is 0 Å². The Balaban J connectivity index is 2.86. The minimum atomic E-state index is -0.571. The molecule has 2 nitrogen and oxygen atoms in total. The first-order chi connectivity index (χ1) is 5.61. The van der Waals surface area contributed by atoms with Crippen LogP contribution in [0.25, 0.3) is 0 Å². The highest BCUT2D eigenvalue weighted by molar-refractivity contribution is 5.27. The van der Waals surface area contributed by atoms with Gasteiger partial charge >= 0.3 is 0 Å². The predicted molar refractivity (Wildman–Crippen MR) is 49.1 cm³/mol. The van der Waals surface area contributed by atoms with Crippen molar-refractivity contribution in [1.82, 2.24) is 0 Å². The van der Waals surface area contributed by atoms with E-state index in [-0.39, 0.29) is 0 Å². The van der Waals surface area contributed by atoms with E-state index in [4.69, 9.17) is 10.2 Å². The lowest BCUT2D eigenvalue weighted by Crippen LogP contribution is -2.06. The summed E-state index contributed by atoms with van der Waals surface area (Å²) in [7, 11) is 0. The smallest absolute Gasteiger partial charge is 0.274 e. The normalized spacial score (nSPS) is 24.0. The summed E-state index contributed by atoms with van der Waals surface area (Å²) in [5.41, 5.74) is 2.38. The van der Waals surface area contributed by atoms with Crippen LogP contribution >= 0.6 is 0 Å². The molecule has 1 rings (SSSR count). The molecule has 1 aliphatic carbocycles. The number of allylic oxidation sites excluding steroid dienone is 3. The van der Waals surface area contributed by atoms with Gasteiger partial charge in [-0.25, -0.2) is 0 Å². The fourth-order valence-corrected chi connectivity index (χ4v) is 1.67. The van der Waals surface area contributed by atoms with Gasteiger partial charge in [0.25, 0.3) is 5.95 Å². The highest BCUT2D eigenvalue weighted by atomic mass is 16.5. The maximum atomic E-state index is 8.69. The number of aliphatic hydroxyl groups excluding tert-OH is 1. The highest BCUT2D eigenvalue weighted by Crippen LogP contribution is 2.30. The van der Waals surface area contributed by atoms with Crippen LogP contribution in [0.2, 0.25) is 0 Å². The molecule has 0 spiro atoms. The molecule has 2 N–H and O–H groups in total. The average Bonchev–Trinajstić information content (AvgIpc) is 1.98. The molecule has 0 aromatic heterocycles. The molecule has 0 radical (unpaired) electrons. The second-order valence-electron chi connectivity index (χ2n) is 3.50. The van der Waals surface area contributed by atoms with Crippen molar-refractivity contribution in [2.45, 2.75) is 33.1 Å². The van der Waals surface area contributed by atoms with Gasteiger partial charge in [-0.2, -0.15) is 0 Å². The Morgan fingerprint density at radius 2 is 2.17 bits per heavy atom. The lowest BCUT2D eigenvalue weighted by atomic mass is 9.85. The summed E-state index contributed by atoms with van der Waals surface area (Å²) in [5.74, 6) is 0.0165. The van der Waals surface area contributed by atoms with Crippen LogP contribution in [0.4, 0.5) is 0 Å². The van der Waals surface area contributed by atoms with Crippen molar-refractivity contribution in [2.24, 2.45) is 5.92 Å². The minimum Gasteiger partial charge on any atom is -0.481 e. The van der Waals surface area contributed by atoms with Crippen LogP contribution in [0.1, 0.15) is 33.1 Å². The molecule has 1 atom stereocenters. The van der Waals surface area contributed by atoms with Crippen molar-refractivity contribution in [3.05, 3.63) is 23.2 Å². The predicted octanol–water partition coefficient (Wildman–Crippen LogP) is 3.08. The molecule has 0 aliphatic heterocycles. The Kier molecular flexibility index (Phi) is 2.79. The van der Waals surface area contributed by atoms with Gasteiger partial charge in [-0.05, 0) is 37.7 Å². The monoisotopic (exact) mass is 168 g/mol.